The molecule has 190 valence electrons. The molecule has 1 amide bonds. The smallest absolute Gasteiger partial charge is 0.409 e. The monoisotopic (exact) mass is 502 g/mol. The zero-order chi connectivity index (χ0) is 24.9. The second-order valence-corrected chi connectivity index (χ2v) is 20.0. The van der Waals surface area contributed by atoms with Gasteiger partial charge in [-0.2, -0.15) is 0 Å². The Bertz CT molecular complexity index is 950. The molecule has 1 aliphatic rings. The topological polar surface area (TPSA) is 54.6 Å². The number of carbonyl (C=O) groups is 1. The number of likely N-dealkylation sites (N-methyl/N-ethyl adjacent to an activating group) is 1. The molecule has 1 aliphatic heterocycles. The molecule has 1 aromatic carbocycles. The summed E-state index contributed by atoms with van der Waals surface area (Å²) < 4.78 is 12.0. The molecule has 1 atom stereocenters. The molecule has 5 nitrogen and oxygen atoms in total. The van der Waals surface area contributed by atoms with Crippen LogP contribution >= 0.6 is 0 Å². The van der Waals surface area contributed by atoms with Crippen molar-refractivity contribution in [2.24, 2.45) is 0 Å². The Morgan fingerprint density at radius 2 is 1.68 bits per heavy atom. The average molecular weight is 503 g/mol. The van der Waals surface area contributed by atoms with Gasteiger partial charge in [-0.25, -0.2) is 4.79 Å². The number of hydrogen-bond acceptors (Lipinski definition) is 3. The van der Waals surface area contributed by atoms with Crippen LogP contribution in [0.15, 0.2) is 18.2 Å². The lowest BCUT2D eigenvalue weighted by atomic mass is 10.0. The van der Waals surface area contributed by atoms with Gasteiger partial charge < -0.3 is 19.0 Å². The van der Waals surface area contributed by atoms with Gasteiger partial charge in [-0.1, -0.05) is 65.7 Å². The third-order valence-corrected chi connectivity index (χ3v) is 19.2. The van der Waals surface area contributed by atoms with Crippen molar-refractivity contribution in [2.75, 3.05) is 20.3 Å². The summed E-state index contributed by atoms with van der Waals surface area (Å²) in [5.41, 5.74) is 4.01. The van der Waals surface area contributed by atoms with Gasteiger partial charge >= 0.3 is 6.09 Å². The van der Waals surface area contributed by atoms with E-state index in [2.05, 4.69) is 64.7 Å². The summed E-state index contributed by atoms with van der Waals surface area (Å²) in [5, 5.41) is 2.90. The molecule has 0 bridgehead atoms. The van der Waals surface area contributed by atoms with E-state index in [1.807, 2.05) is 7.05 Å². The van der Waals surface area contributed by atoms with Crippen LogP contribution in [0.5, 0.6) is 0 Å². The molecule has 0 radical (unpaired) electrons. The molecule has 1 aromatic heterocycles. The SMILES string of the molecule is CC[Si](CC)(CC)OCCc1c([Si](CC)(CC)CC)[nH]c2ccc(C[C@H]3COC(=O)N3C)cc12. The van der Waals surface area contributed by atoms with Crippen LogP contribution in [0.1, 0.15) is 52.7 Å². The first-order chi connectivity index (χ1) is 16.3. The van der Waals surface area contributed by atoms with E-state index in [-0.39, 0.29) is 12.1 Å². The third-order valence-electron chi connectivity index (χ3n) is 8.93. The Kier molecular flexibility index (Phi) is 9.09. The largest absolute Gasteiger partial charge is 0.447 e. The Morgan fingerprint density at radius 1 is 1.03 bits per heavy atom. The number of aromatic amines is 1. The molecule has 0 saturated carbocycles. The molecule has 1 saturated heterocycles. The van der Waals surface area contributed by atoms with Gasteiger partial charge in [0.2, 0.25) is 0 Å². The van der Waals surface area contributed by atoms with Crippen LogP contribution < -0.4 is 5.32 Å². The van der Waals surface area contributed by atoms with Crippen LogP contribution in [-0.4, -0.2) is 58.7 Å². The zero-order valence-electron chi connectivity index (χ0n) is 22.6. The van der Waals surface area contributed by atoms with Gasteiger partial charge in [-0.3, -0.25) is 0 Å². The maximum atomic E-state index is 11.8. The fourth-order valence-electron chi connectivity index (χ4n) is 5.84. The predicted molar refractivity (Wildman–Crippen MR) is 149 cm³/mol. The van der Waals surface area contributed by atoms with Gasteiger partial charge in [0.15, 0.2) is 8.32 Å². The van der Waals surface area contributed by atoms with Gasteiger partial charge in [-0.15, -0.1) is 0 Å². The van der Waals surface area contributed by atoms with Gasteiger partial charge in [0.1, 0.15) is 14.7 Å². The highest BCUT2D eigenvalue weighted by atomic mass is 28.4. The summed E-state index contributed by atoms with van der Waals surface area (Å²) in [6.07, 6.45) is 1.59. The first-order valence-corrected chi connectivity index (χ1v) is 18.6. The minimum atomic E-state index is -1.61. The van der Waals surface area contributed by atoms with E-state index in [1.165, 1.54) is 58.3 Å². The molecular weight excluding hydrogens is 456 g/mol. The Balaban J connectivity index is 1.98. The number of benzene rings is 1. The minimum Gasteiger partial charge on any atom is -0.447 e. The van der Waals surface area contributed by atoms with Crippen LogP contribution in [0.4, 0.5) is 4.79 Å². The van der Waals surface area contributed by atoms with Crippen molar-refractivity contribution < 1.29 is 14.0 Å². The van der Waals surface area contributed by atoms with Crippen molar-refractivity contribution in [2.45, 2.75) is 96.7 Å². The Labute approximate surface area is 208 Å². The van der Waals surface area contributed by atoms with Crippen LogP contribution in [0, 0.1) is 0 Å². The van der Waals surface area contributed by atoms with Crippen LogP contribution in [0.2, 0.25) is 36.3 Å². The van der Waals surface area contributed by atoms with Crippen molar-refractivity contribution in [1.82, 2.24) is 9.88 Å². The highest BCUT2D eigenvalue weighted by molar-refractivity contribution is 6.91. The molecule has 0 unspecified atom stereocenters. The maximum Gasteiger partial charge on any atom is 0.409 e. The number of nitrogens with zero attached hydrogens (tertiary/aromatic N) is 1. The lowest BCUT2D eigenvalue weighted by Gasteiger charge is -2.30. The quantitative estimate of drug-likeness (QED) is 0.321. The molecule has 1 fully saturated rings. The van der Waals surface area contributed by atoms with E-state index in [0.717, 1.165) is 19.4 Å². The van der Waals surface area contributed by atoms with Gasteiger partial charge in [0.25, 0.3) is 0 Å². The van der Waals surface area contributed by atoms with Crippen molar-refractivity contribution in [3.63, 3.8) is 0 Å². The molecule has 7 heteroatoms. The number of rotatable bonds is 13. The van der Waals surface area contributed by atoms with E-state index >= 15 is 0 Å². The normalized spacial score (nSPS) is 17.1. The minimum absolute atomic E-state index is 0.107. The molecule has 34 heavy (non-hydrogen) atoms. The van der Waals surface area contributed by atoms with Crippen LogP contribution in [0.25, 0.3) is 10.9 Å². The summed E-state index contributed by atoms with van der Waals surface area (Å²) in [5.74, 6) is 0. The van der Waals surface area contributed by atoms with Crippen molar-refractivity contribution in [3.05, 3.63) is 29.3 Å². The lowest BCUT2D eigenvalue weighted by molar-refractivity contribution is 0.163. The van der Waals surface area contributed by atoms with E-state index in [0.29, 0.717) is 6.61 Å². The number of ether oxygens (including phenoxy) is 1. The molecule has 0 aliphatic carbocycles. The number of amides is 1. The maximum absolute atomic E-state index is 11.8. The highest BCUT2D eigenvalue weighted by Crippen LogP contribution is 2.29. The highest BCUT2D eigenvalue weighted by Gasteiger charge is 2.35. The molecule has 2 heterocycles. The molecule has 2 aromatic rings. The van der Waals surface area contributed by atoms with Crippen molar-refractivity contribution >= 4 is 38.7 Å². The van der Waals surface area contributed by atoms with Crippen molar-refractivity contribution in [3.8, 4) is 0 Å². The average Bonchev–Trinajstić information content (AvgIpc) is 3.39. The molecule has 1 N–H and O–H groups in total. The predicted octanol–water partition coefficient (Wildman–Crippen LogP) is 6.44. The van der Waals surface area contributed by atoms with E-state index in [4.69, 9.17) is 9.16 Å². The van der Waals surface area contributed by atoms with Crippen LogP contribution in [-0.2, 0) is 22.0 Å². The Morgan fingerprint density at radius 3 is 2.21 bits per heavy atom. The second kappa shape index (κ2) is 11.4. The number of carbonyl (C=O) groups excluding carboxylic acids is 1. The standard InChI is InChI=1S/C27H46N2O3Si2/c1-8-33(9-2,10-3)26-23(16-17-32-34(11-4,12-5)13-6)24-19-21(14-15-25(24)28-26)18-22-20-31-27(30)29(22)7/h14-15,19,22,28H,8-13,16-18,20H2,1-7H3/t22-/m0/s1. The van der Waals surface area contributed by atoms with Gasteiger partial charge in [0, 0.05) is 29.9 Å². The third kappa shape index (κ3) is 5.16. The van der Waals surface area contributed by atoms with E-state index in [1.54, 1.807) is 10.2 Å². The molecule has 0 spiro atoms. The van der Waals surface area contributed by atoms with Crippen LogP contribution in [0.3, 0.4) is 0 Å². The first-order valence-electron chi connectivity index (χ1n) is 13.5. The lowest BCUT2D eigenvalue weighted by Crippen LogP contribution is -2.48. The molecular formula is C27H46N2O3Si2. The fourth-order valence-corrected chi connectivity index (χ4v) is 12.3. The number of aromatic nitrogens is 1. The first kappa shape index (κ1) is 27.0. The number of fused-ring (bicyclic) bond motifs is 1. The number of H-pyrrole nitrogens is 1. The van der Waals surface area contributed by atoms with Crippen molar-refractivity contribution in [1.29, 1.82) is 0 Å². The van der Waals surface area contributed by atoms with Gasteiger partial charge in [0.05, 0.1) is 6.04 Å². The zero-order valence-corrected chi connectivity index (χ0v) is 24.6. The number of nitrogens with one attached hydrogen (secondary N) is 1. The second-order valence-electron chi connectivity index (χ2n) is 10.1. The van der Waals surface area contributed by atoms with E-state index < -0.39 is 16.4 Å². The summed E-state index contributed by atoms with van der Waals surface area (Å²) in [4.78, 5) is 17.5. The number of cyclic esters (lactones) is 1. The fraction of sp³-hybridized carbons (Fsp3) is 0.667. The summed E-state index contributed by atoms with van der Waals surface area (Å²) >= 11 is 0. The summed E-state index contributed by atoms with van der Waals surface area (Å²) in [6.45, 7) is 15.4. The Hall–Kier alpha value is -1.58. The van der Waals surface area contributed by atoms with Gasteiger partial charge in [-0.05, 0) is 54.2 Å². The summed E-state index contributed by atoms with van der Waals surface area (Å²) in [6, 6.07) is 14.3. The number of hydrogen-bond donors (Lipinski definition) is 1. The summed E-state index contributed by atoms with van der Waals surface area (Å²) in [7, 11) is -1.36. The van der Waals surface area contributed by atoms with E-state index in [9.17, 15) is 4.79 Å². The molecule has 3 rings (SSSR count).